The van der Waals surface area contributed by atoms with Crippen molar-refractivity contribution in [2.24, 2.45) is 5.41 Å². The summed E-state index contributed by atoms with van der Waals surface area (Å²) >= 11 is 0. The van der Waals surface area contributed by atoms with E-state index in [9.17, 15) is 0 Å². The van der Waals surface area contributed by atoms with Crippen LogP contribution in [0.15, 0.2) is 41.1 Å². The summed E-state index contributed by atoms with van der Waals surface area (Å²) in [5.41, 5.74) is 4.42. The first kappa shape index (κ1) is 17.5. The van der Waals surface area contributed by atoms with Crippen LogP contribution in [0.3, 0.4) is 0 Å². The highest BCUT2D eigenvalue weighted by Gasteiger charge is 2.20. The second-order valence-electron chi connectivity index (χ2n) is 7.91. The summed E-state index contributed by atoms with van der Waals surface area (Å²) in [5.74, 6) is 0.686. The number of nitrogens with zero attached hydrogens (tertiary/aromatic N) is 3. The Labute approximate surface area is 157 Å². The van der Waals surface area contributed by atoms with E-state index in [4.69, 9.17) is 4.52 Å². The lowest BCUT2D eigenvalue weighted by molar-refractivity contribution is 0.283. The lowest BCUT2D eigenvalue weighted by Crippen LogP contribution is -2.37. The van der Waals surface area contributed by atoms with Crippen LogP contribution in [0.5, 0.6) is 0 Å². The van der Waals surface area contributed by atoms with Gasteiger partial charge in [-0.2, -0.15) is 5.10 Å². The summed E-state index contributed by atoms with van der Waals surface area (Å²) in [6.07, 6.45) is 1.75. The minimum atomic E-state index is 0.191. The van der Waals surface area contributed by atoms with Crippen molar-refractivity contribution < 1.29 is 4.52 Å². The fourth-order valence-electron chi connectivity index (χ4n) is 2.83. The van der Waals surface area contributed by atoms with E-state index in [0.29, 0.717) is 18.4 Å². The Kier molecular flexibility index (Phi) is 4.31. The number of aromatic nitrogens is 4. The highest BCUT2D eigenvalue weighted by atomic mass is 16.5. The van der Waals surface area contributed by atoms with E-state index in [1.165, 1.54) is 0 Å². The third kappa shape index (κ3) is 3.50. The second-order valence-corrected chi connectivity index (χ2v) is 7.91. The number of hydrogen-bond donors (Lipinski definition) is 3. The van der Waals surface area contributed by atoms with Gasteiger partial charge in [0.1, 0.15) is 11.2 Å². The van der Waals surface area contributed by atoms with Crippen LogP contribution in [0.25, 0.3) is 22.0 Å². The predicted octanol–water partition coefficient (Wildman–Crippen LogP) is 4.37. The van der Waals surface area contributed by atoms with E-state index < -0.39 is 0 Å². The number of H-pyrrole nitrogens is 1. The van der Waals surface area contributed by atoms with Crippen LogP contribution < -0.4 is 10.6 Å². The number of rotatable bonds is 5. The summed E-state index contributed by atoms with van der Waals surface area (Å²) in [7, 11) is 0. The minimum absolute atomic E-state index is 0.191. The monoisotopic (exact) mass is 364 g/mol. The predicted molar refractivity (Wildman–Crippen MR) is 107 cm³/mol. The normalized spacial score (nSPS) is 13.3. The van der Waals surface area contributed by atoms with Crippen LogP contribution in [0, 0.1) is 5.41 Å². The molecule has 3 heterocycles. The number of benzene rings is 1. The average Bonchev–Trinajstić information content (AvgIpc) is 3.23. The number of nitrogens with one attached hydrogen (secondary N) is 3. The largest absolute Gasteiger partial charge is 0.356 e. The third-order valence-corrected chi connectivity index (χ3v) is 5.00. The molecule has 27 heavy (non-hydrogen) atoms. The Morgan fingerprint density at radius 3 is 2.89 bits per heavy atom. The molecule has 0 unspecified atom stereocenters. The molecular weight excluding hydrogens is 340 g/mol. The second kappa shape index (κ2) is 6.66. The molecule has 0 aliphatic carbocycles. The number of pyridine rings is 1. The summed E-state index contributed by atoms with van der Waals surface area (Å²) in [5, 5.41) is 19.3. The fourth-order valence-corrected chi connectivity index (χ4v) is 2.83. The molecule has 140 valence electrons. The van der Waals surface area contributed by atoms with Gasteiger partial charge in [-0.3, -0.25) is 10.1 Å². The van der Waals surface area contributed by atoms with Gasteiger partial charge in [0, 0.05) is 35.9 Å². The van der Waals surface area contributed by atoms with Crippen LogP contribution >= 0.6 is 0 Å². The molecule has 0 aliphatic rings. The summed E-state index contributed by atoms with van der Waals surface area (Å²) < 4.78 is 5.54. The lowest BCUT2D eigenvalue weighted by atomic mass is 9.88. The van der Waals surface area contributed by atoms with E-state index in [1.54, 1.807) is 6.20 Å². The molecule has 0 saturated heterocycles. The van der Waals surface area contributed by atoms with Gasteiger partial charge in [0.2, 0.25) is 0 Å². The van der Waals surface area contributed by atoms with Crippen LogP contribution in [-0.2, 0) is 6.54 Å². The quantitative estimate of drug-likeness (QED) is 0.487. The van der Waals surface area contributed by atoms with Crippen molar-refractivity contribution in [1.82, 2.24) is 25.7 Å². The van der Waals surface area contributed by atoms with Gasteiger partial charge in [0.25, 0.3) is 0 Å². The molecular formula is C20H24N6O. The van der Waals surface area contributed by atoms with Gasteiger partial charge >= 0.3 is 0 Å². The van der Waals surface area contributed by atoms with Crippen molar-refractivity contribution in [1.29, 1.82) is 0 Å². The molecule has 1 atom stereocenters. The van der Waals surface area contributed by atoms with Gasteiger partial charge in [-0.15, -0.1) is 0 Å². The van der Waals surface area contributed by atoms with Gasteiger partial charge in [0.05, 0.1) is 5.52 Å². The zero-order chi connectivity index (χ0) is 19.0. The zero-order valence-electron chi connectivity index (χ0n) is 16.0. The van der Waals surface area contributed by atoms with Crippen molar-refractivity contribution >= 4 is 33.5 Å². The van der Waals surface area contributed by atoms with E-state index in [0.717, 1.165) is 33.4 Å². The molecule has 1 aromatic carbocycles. The summed E-state index contributed by atoms with van der Waals surface area (Å²) in [6.45, 7) is 9.52. The molecule has 3 aromatic heterocycles. The molecule has 0 aliphatic heterocycles. The van der Waals surface area contributed by atoms with E-state index >= 15 is 0 Å². The minimum Gasteiger partial charge on any atom is -0.356 e. The lowest BCUT2D eigenvalue weighted by Gasteiger charge is -2.27. The topological polar surface area (TPSA) is 91.7 Å². The van der Waals surface area contributed by atoms with Crippen LogP contribution in [0.1, 0.15) is 33.4 Å². The Hall–Kier alpha value is -2.93. The van der Waals surface area contributed by atoms with Crippen molar-refractivity contribution in [3.05, 3.63) is 42.2 Å². The van der Waals surface area contributed by atoms with Gasteiger partial charge in [-0.05, 0) is 36.6 Å². The molecule has 0 radical (unpaired) electrons. The molecule has 0 spiro atoms. The molecule has 0 saturated carbocycles. The molecule has 4 rings (SSSR count). The van der Waals surface area contributed by atoms with E-state index in [2.05, 4.69) is 58.7 Å². The molecule has 0 fully saturated rings. The van der Waals surface area contributed by atoms with E-state index in [1.807, 2.05) is 30.3 Å². The highest BCUT2D eigenvalue weighted by molar-refractivity contribution is 5.89. The van der Waals surface area contributed by atoms with Gasteiger partial charge in [-0.1, -0.05) is 25.9 Å². The fraction of sp³-hybridized carbons (Fsp3) is 0.350. The smallest absolute Gasteiger partial charge is 0.178 e. The van der Waals surface area contributed by atoms with Gasteiger partial charge in [0.15, 0.2) is 11.4 Å². The molecule has 7 nitrogen and oxygen atoms in total. The third-order valence-electron chi connectivity index (χ3n) is 5.00. The standard InChI is InChI=1S/C20H24N6O/c1-12(20(2,3)4)22-11-16-14-8-7-13(10-17(14)27-26-16)23-19-18-15(24-25-19)6-5-9-21-18/h5-10,12,22H,11H2,1-4H3,(H2,23,24,25)/t12-/m1/s1. The summed E-state index contributed by atoms with van der Waals surface area (Å²) in [6, 6.07) is 10.1. The Balaban J connectivity index is 1.53. The Bertz CT molecular complexity index is 1070. The highest BCUT2D eigenvalue weighted by Crippen LogP contribution is 2.27. The van der Waals surface area contributed by atoms with Gasteiger partial charge in [-0.25, -0.2) is 0 Å². The number of anilines is 2. The molecule has 0 bridgehead atoms. The Morgan fingerprint density at radius 1 is 1.22 bits per heavy atom. The number of fused-ring (bicyclic) bond motifs is 2. The SMILES string of the molecule is C[C@@H](NCc1noc2cc(Nc3n[nH]c4cccnc34)ccc12)C(C)(C)C. The van der Waals surface area contributed by atoms with Crippen LogP contribution in [0.4, 0.5) is 11.5 Å². The molecule has 7 heteroatoms. The molecule has 0 amide bonds. The molecule has 4 aromatic rings. The van der Waals surface area contributed by atoms with Crippen molar-refractivity contribution in [2.45, 2.75) is 40.3 Å². The maximum Gasteiger partial charge on any atom is 0.178 e. The summed E-state index contributed by atoms with van der Waals surface area (Å²) in [4.78, 5) is 4.36. The van der Waals surface area contributed by atoms with E-state index in [-0.39, 0.29) is 5.41 Å². The first-order valence-corrected chi connectivity index (χ1v) is 9.09. The van der Waals surface area contributed by atoms with Crippen molar-refractivity contribution in [3.8, 4) is 0 Å². The van der Waals surface area contributed by atoms with Gasteiger partial charge < -0.3 is 15.2 Å². The zero-order valence-corrected chi connectivity index (χ0v) is 16.0. The first-order chi connectivity index (χ1) is 12.9. The maximum atomic E-state index is 5.54. The van der Waals surface area contributed by atoms with Crippen molar-refractivity contribution in [2.75, 3.05) is 5.32 Å². The van der Waals surface area contributed by atoms with Crippen molar-refractivity contribution in [3.63, 3.8) is 0 Å². The average molecular weight is 364 g/mol. The Morgan fingerprint density at radius 2 is 2.07 bits per heavy atom. The van der Waals surface area contributed by atoms with Crippen LogP contribution in [0.2, 0.25) is 0 Å². The first-order valence-electron chi connectivity index (χ1n) is 9.09. The molecule has 3 N–H and O–H groups in total. The maximum absolute atomic E-state index is 5.54. The number of aromatic amines is 1. The van der Waals surface area contributed by atoms with Crippen LogP contribution in [-0.4, -0.2) is 26.4 Å². The number of hydrogen-bond acceptors (Lipinski definition) is 6.